The summed E-state index contributed by atoms with van der Waals surface area (Å²) in [7, 11) is 0. The maximum absolute atomic E-state index is 5.97. The molecule has 0 saturated heterocycles. The summed E-state index contributed by atoms with van der Waals surface area (Å²) in [6, 6.07) is 18.1. The molecule has 0 spiro atoms. The van der Waals surface area contributed by atoms with E-state index in [4.69, 9.17) is 10.6 Å². The highest BCUT2D eigenvalue weighted by atomic mass is 79.9. The molecule has 0 aliphatic rings. The lowest BCUT2D eigenvalue weighted by molar-refractivity contribution is -0.649. The Morgan fingerprint density at radius 2 is 1.70 bits per heavy atom. The van der Waals surface area contributed by atoms with E-state index in [1.807, 2.05) is 60.8 Å². The molecule has 2 N–H and O–H groups in total. The van der Waals surface area contributed by atoms with Crippen molar-refractivity contribution < 1.29 is 9.41 Å². The summed E-state index contributed by atoms with van der Waals surface area (Å²) < 4.78 is 8.23. The van der Waals surface area contributed by atoms with E-state index >= 15 is 0 Å². The van der Waals surface area contributed by atoms with Gasteiger partial charge in [0.25, 0.3) is 0 Å². The van der Waals surface area contributed by atoms with Gasteiger partial charge in [0, 0.05) is 21.3 Å². The first kappa shape index (κ1) is 12.9. The van der Waals surface area contributed by atoms with E-state index in [2.05, 4.69) is 15.9 Å². The van der Waals surface area contributed by atoms with Gasteiger partial charge in [-0.05, 0) is 11.6 Å². The predicted molar refractivity (Wildman–Crippen MR) is 82.8 cm³/mol. The second kappa shape index (κ2) is 5.51. The molecule has 0 saturated carbocycles. The SMILES string of the molecule is N[n+]1cc2ccccc2c(OCc2ccccc2)c1Br. The lowest BCUT2D eigenvalue weighted by Crippen LogP contribution is -2.45. The van der Waals surface area contributed by atoms with Crippen molar-refractivity contribution in [1.82, 2.24) is 0 Å². The van der Waals surface area contributed by atoms with E-state index in [-0.39, 0.29) is 0 Å². The summed E-state index contributed by atoms with van der Waals surface area (Å²) in [5.41, 5.74) is 1.12. The summed E-state index contributed by atoms with van der Waals surface area (Å²) in [6.45, 7) is 0.507. The van der Waals surface area contributed by atoms with Gasteiger partial charge in [-0.15, -0.1) is 0 Å². The largest absolute Gasteiger partial charge is 0.481 e. The molecule has 100 valence electrons. The maximum Gasteiger partial charge on any atom is 0.318 e. The number of pyridine rings is 1. The molecule has 1 heterocycles. The zero-order chi connectivity index (χ0) is 13.9. The van der Waals surface area contributed by atoms with E-state index in [1.165, 1.54) is 4.68 Å². The number of ether oxygens (including phenoxy) is 1. The van der Waals surface area contributed by atoms with Gasteiger partial charge in [0.2, 0.25) is 11.9 Å². The minimum absolute atomic E-state index is 0.507. The van der Waals surface area contributed by atoms with Crippen molar-refractivity contribution in [1.29, 1.82) is 0 Å². The van der Waals surface area contributed by atoms with Gasteiger partial charge in [-0.3, -0.25) is 0 Å². The van der Waals surface area contributed by atoms with E-state index in [0.717, 1.165) is 26.7 Å². The topological polar surface area (TPSA) is 39.1 Å². The van der Waals surface area contributed by atoms with Gasteiger partial charge < -0.3 is 4.74 Å². The van der Waals surface area contributed by atoms with Crippen molar-refractivity contribution in [2.45, 2.75) is 6.61 Å². The Labute approximate surface area is 125 Å². The van der Waals surface area contributed by atoms with Crippen molar-refractivity contribution in [3.63, 3.8) is 0 Å². The first-order valence-electron chi connectivity index (χ1n) is 6.30. The minimum Gasteiger partial charge on any atom is -0.481 e. The fourth-order valence-electron chi connectivity index (χ4n) is 2.12. The maximum atomic E-state index is 5.97. The summed E-state index contributed by atoms with van der Waals surface area (Å²) in [4.78, 5) is 0. The summed E-state index contributed by atoms with van der Waals surface area (Å²) in [6.07, 6.45) is 1.87. The fraction of sp³-hybridized carbons (Fsp3) is 0.0625. The van der Waals surface area contributed by atoms with Crippen molar-refractivity contribution in [3.05, 3.63) is 71.0 Å². The second-order valence-electron chi connectivity index (χ2n) is 4.52. The highest BCUT2D eigenvalue weighted by Crippen LogP contribution is 2.30. The summed E-state index contributed by atoms with van der Waals surface area (Å²) in [5, 5.41) is 2.08. The Hall–Kier alpha value is -2.07. The predicted octanol–water partition coefficient (Wildman–Crippen LogP) is 3.18. The molecule has 0 aliphatic carbocycles. The Morgan fingerprint density at radius 3 is 2.50 bits per heavy atom. The number of nitrogen functional groups attached to an aromatic ring is 1. The number of halogens is 1. The Morgan fingerprint density at radius 1 is 1.00 bits per heavy atom. The lowest BCUT2D eigenvalue weighted by atomic mass is 10.1. The first-order chi connectivity index (χ1) is 9.75. The van der Waals surface area contributed by atoms with Crippen LogP contribution in [0.1, 0.15) is 5.56 Å². The number of benzene rings is 2. The van der Waals surface area contributed by atoms with Crippen LogP contribution in [0.5, 0.6) is 5.75 Å². The quantitative estimate of drug-likeness (QED) is 0.455. The standard InChI is InChI=1S/C16H14BrN2O/c17-16-15(20-11-12-6-2-1-3-7-12)14-9-5-4-8-13(14)10-19(16)18/h1-10H,11,18H2/q+1. The molecule has 0 atom stereocenters. The molecule has 2 aromatic carbocycles. The van der Waals surface area contributed by atoms with Crippen LogP contribution in [0.3, 0.4) is 0 Å². The number of aromatic nitrogens is 1. The smallest absolute Gasteiger partial charge is 0.318 e. The van der Waals surface area contributed by atoms with E-state index in [1.54, 1.807) is 0 Å². The normalized spacial score (nSPS) is 10.7. The molecular weight excluding hydrogens is 316 g/mol. The Bertz CT molecular complexity index is 744. The third-order valence-corrected chi connectivity index (χ3v) is 3.89. The van der Waals surface area contributed by atoms with Crippen LogP contribution in [0.15, 0.2) is 65.4 Å². The van der Waals surface area contributed by atoms with Crippen molar-refractivity contribution >= 4 is 26.7 Å². The average molecular weight is 330 g/mol. The molecule has 3 aromatic rings. The number of hydrogen-bond acceptors (Lipinski definition) is 2. The van der Waals surface area contributed by atoms with Crippen LogP contribution in [0.4, 0.5) is 0 Å². The molecule has 0 aliphatic heterocycles. The number of nitrogens with two attached hydrogens (primary N) is 1. The molecule has 3 nitrogen and oxygen atoms in total. The van der Waals surface area contributed by atoms with Crippen molar-refractivity contribution in [3.8, 4) is 5.75 Å². The van der Waals surface area contributed by atoms with Crippen molar-refractivity contribution in [2.24, 2.45) is 0 Å². The Kier molecular flexibility index (Phi) is 3.56. The molecule has 20 heavy (non-hydrogen) atoms. The van der Waals surface area contributed by atoms with Crippen LogP contribution in [0, 0.1) is 0 Å². The molecule has 0 radical (unpaired) electrons. The third-order valence-electron chi connectivity index (χ3n) is 3.12. The third kappa shape index (κ3) is 2.47. The van der Waals surface area contributed by atoms with Gasteiger partial charge in [0.1, 0.15) is 6.61 Å². The van der Waals surface area contributed by atoms with Gasteiger partial charge in [-0.2, -0.15) is 0 Å². The van der Waals surface area contributed by atoms with Gasteiger partial charge in [0.15, 0.2) is 0 Å². The summed E-state index contributed by atoms with van der Waals surface area (Å²) >= 11 is 3.49. The van der Waals surface area contributed by atoms with Crippen molar-refractivity contribution in [2.75, 3.05) is 5.84 Å². The number of nitrogens with zero attached hydrogens (tertiary/aromatic N) is 1. The molecule has 0 unspecified atom stereocenters. The van der Waals surface area contributed by atoms with Crippen LogP contribution < -0.4 is 15.3 Å². The number of fused-ring (bicyclic) bond motifs is 1. The molecule has 3 rings (SSSR count). The molecular formula is C16H14BrN2O+. The van der Waals surface area contributed by atoms with Gasteiger partial charge in [-0.25, -0.2) is 5.84 Å². The van der Waals surface area contributed by atoms with Crippen LogP contribution in [0.25, 0.3) is 10.8 Å². The van der Waals surface area contributed by atoms with Gasteiger partial charge >= 0.3 is 4.60 Å². The monoisotopic (exact) mass is 329 g/mol. The highest BCUT2D eigenvalue weighted by Gasteiger charge is 2.18. The molecule has 0 amide bonds. The zero-order valence-electron chi connectivity index (χ0n) is 10.8. The van der Waals surface area contributed by atoms with E-state index in [9.17, 15) is 0 Å². The number of hydrogen-bond donors (Lipinski definition) is 1. The first-order valence-corrected chi connectivity index (χ1v) is 7.10. The number of rotatable bonds is 3. The van der Waals surface area contributed by atoms with E-state index in [0.29, 0.717) is 6.61 Å². The molecule has 1 aromatic heterocycles. The summed E-state index contributed by atoms with van der Waals surface area (Å²) in [5.74, 6) is 6.70. The molecule has 4 heteroatoms. The van der Waals surface area contributed by atoms with Gasteiger partial charge in [-0.1, -0.05) is 53.2 Å². The molecule has 0 bridgehead atoms. The minimum atomic E-state index is 0.507. The van der Waals surface area contributed by atoms with Crippen LogP contribution in [-0.4, -0.2) is 0 Å². The Balaban J connectivity index is 2.00. The molecule has 0 fully saturated rings. The van der Waals surface area contributed by atoms with Crippen LogP contribution >= 0.6 is 15.9 Å². The highest BCUT2D eigenvalue weighted by molar-refractivity contribution is 9.10. The second-order valence-corrected chi connectivity index (χ2v) is 5.27. The van der Waals surface area contributed by atoms with Crippen LogP contribution in [0.2, 0.25) is 0 Å². The van der Waals surface area contributed by atoms with Gasteiger partial charge in [0.05, 0.1) is 5.39 Å². The lowest BCUT2D eigenvalue weighted by Gasteiger charge is -2.09. The zero-order valence-corrected chi connectivity index (χ0v) is 12.4. The van der Waals surface area contributed by atoms with E-state index < -0.39 is 0 Å². The van der Waals surface area contributed by atoms with Crippen LogP contribution in [-0.2, 0) is 6.61 Å². The fourth-order valence-corrected chi connectivity index (χ4v) is 2.55. The average Bonchev–Trinajstić information content (AvgIpc) is 2.49.